The zero-order chi connectivity index (χ0) is 24.5. The van der Waals surface area contributed by atoms with Crippen LogP contribution in [-0.2, 0) is 4.79 Å². The summed E-state index contributed by atoms with van der Waals surface area (Å²) >= 11 is 1.38. The molecule has 0 radical (unpaired) electrons. The molecule has 2 aromatic carbocycles. The number of carbonyl (C=O) groups is 2. The molecule has 11 heteroatoms. The van der Waals surface area contributed by atoms with E-state index in [1.807, 2.05) is 5.38 Å². The molecule has 0 saturated heterocycles. The fourth-order valence-electron chi connectivity index (χ4n) is 2.78. The number of hydrogen-bond acceptors (Lipinski definition) is 8. The normalized spacial score (nSPS) is 11.3. The second-order valence-corrected chi connectivity index (χ2v) is 7.65. The third-order valence-electron chi connectivity index (χ3n) is 4.31. The summed E-state index contributed by atoms with van der Waals surface area (Å²) in [5.41, 5.74) is 2.27. The molecule has 0 aliphatic heterocycles. The topological polar surface area (TPSA) is 143 Å². The number of phenolic OH excluding ortho intramolecular Hbond substituents is 1. The SMILES string of the molecule is CCOc1cc(C=NNC(=O)C(=Cc2cccs2)NC(=O)c2ccccc2)cc([N+](=O)[O-])c1O. The van der Waals surface area contributed by atoms with Crippen molar-refractivity contribution in [3.8, 4) is 11.5 Å². The van der Waals surface area contributed by atoms with Crippen LogP contribution in [0.2, 0.25) is 0 Å². The quantitative estimate of drug-likeness (QED) is 0.184. The number of nitro groups is 1. The molecule has 0 bridgehead atoms. The van der Waals surface area contributed by atoms with E-state index in [9.17, 15) is 24.8 Å². The first-order valence-electron chi connectivity index (χ1n) is 9.98. The number of hydrazone groups is 1. The van der Waals surface area contributed by atoms with Crippen LogP contribution in [0.4, 0.5) is 5.69 Å². The van der Waals surface area contributed by atoms with Crippen LogP contribution in [0.15, 0.2) is 70.8 Å². The smallest absolute Gasteiger partial charge is 0.315 e. The Kier molecular flexibility index (Phi) is 8.08. The van der Waals surface area contributed by atoms with E-state index in [4.69, 9.17) is 4.74 Å². The lowest BCUT2D eigenvalue weighted by Gasteiger charge is -2.09. The monoisotopic (exact) mass is 480 g/mol. The molecular formula is C23H20N4O6S. The molecule has 3 rings (SSSR count). The van der Waals surface area contributed by atoms with Crippen LogP contribution in [0.5, 0.6) is 11.5 Å². The average molecular weight is 481 g/mol. The zero-order valence-corrected chi connectivity index (χ0v) is 18.7. The standard InChI is InChI=1S/C23H20N4O6S/c1-2-33-20-12-15(11-19(21(20)28)27(31)32)14-24-26-23(30)18(13-17-9-6-10-34-17)25-22(29)16-7-4-3-5-8-16/h3-14,28H,2H2,1H3,(H,25,29)(H,26,30). The molecule has 0 fully saturated rings. The van der Waals surface area contributed by atoms with E-state index in [1.165, 1.54) is 23.5 Å². The lowest BCUT2D eigenvalue weighted by molar-refractivity contribution is -0.386. The molecule has 0 spiro atoms. The summed E-state index contributed by atoms with van der Waals surface area (Å²) in [6.45, 7) is 1.84. The first-order valence-corrected chi connectivity index (χ1v) is 10.9. The molecule has 0 saturated carbocycles. The van der Waals surface area contributed by atoms with Crippen molar-refractivity contribution in [1.29, 1.82) is 0 Å². The molecular weight excluding hydrogens is 460 g/mol. The van der Waals surface area contributed by atoms with E-state index in [0.717, 1.165) is 17.2 Å². The molecule has 34 heavy (non-hydrogen) atoms. The molecule has 1 heterocycles. The fraction of sp³-hybridized carbons (Fsp3) is 0.0870. The van der Waals surface area contributed by atoms with Crippen molar-refractivity contribution in [1.82, 2.24) is 10.7 Å². The third kappa shape index (κ3) is 6.26. The van der Waals surface area contributed by atoms with E-state index >= 15 is 0 Å². The Bertz CT molecular complexity index is 1240. The second kappa shape index (κ2) is 11.4. The van der Waals surface area contributed by atoms with Crippen LogP contribution in [0.1, 0.15) is 27.7 Å². The first kappa shape index (κ1) is 24.1. The summed E-state index contributed by atoms with van der Waals surface area (Å²) in [6.07, 6.45) is 2.67. The zero-order valence-electron chi connectivity index (χ0n) is 17.9. The summed E-state index contributed by atoms with van der Waals surface area (Å²) in [4.78, 5) is 36.5. The van der Waals surface area contributed by atoms with Crippen molar-refractivity contribution < 1.29 is 24.4 Å². The number of ether oxygens (including phenoxy) is 1. The molecule has 1 aromatic heterocycles. The Labute approximate surface area is 198 Å². The van der Waals surface area contributed by atoms with Crippen LogP contribution in [0.3, 0.4) is 0 Å². The fourth-order valence-corrected chi connectivity index (χ4v) is 3.43. The van der Waals surface area contributed by atoms with Crippen molar-refractivity contribution in [3.63, 3.8) is 0 Å². The number of nitro benzene ring substituents is 1. The maximum absolute atomic E-state index is 12.7. The van der Waals surface area contributed by atoms with E-state index in [-0.39, 0.29) is 23.6 Å². The molecule has 10 nitrogen and oxygen atoms in total. The van der Waals surface area contributed by atoms with Gasteiger partial charge in [0.05, 0.1) is 17.7 Å². The second-order valence-electron chi connectivity index (χ2n) is 6.67. The van der Waals surface area contributed by atoms with Gasteiger partial charge in [0.15, 0.2) is 5.75 Å². The Morgan fingerprint density at radius 3 is 2.62 bits per heavy atom. The number of hydrogen-bond donors (Lipinski definition) is 3. The number of nitrogens with zero attached hydrogens (tertiary/aromatic N) is 2. The molecule has 0 aliphatic rings. The van der Waals surface area contributed by atoms with Gasteiger partial charge < -0.3 is 15.2 Å². The highest BCUT2D eigenvalue weighted by Gasteiger charge is 2.20. The van der Waals surface area contributed by atoms with E-state index in [0.29, 0.717) is 5.56 Å². The van der Waals surface area contributed by atoms with Crippen LogP contribution in [-0.4, -0.2) is 34.7 Å². The van der Waals surface area contributed by atoms with Gasteiger partial charge in [0.25, 0.3) is 11.8 Å². The number of benzene rings is 2. The molecule has 3 aromatic rings. The maximum Gasteiger partial charge on any atom is 0.315 e. The minimum atomic E-state index is -0.755. The van der Waals surface area contributed by atoms with Gasteiger partial charge in [-0.05, 0) is 42.6 Å². The van der Waals surface area contributed by atoms with Crippen molar-refractivity contribution in [2.45, 2.75) is 6.92 Å². The van der Waals surface area contributed by atoms with Gasteiger partial charge in [-0.25, -0.2) is 5.43 Å². The van der Waals surface area contributed by atoms with Gasteiger partial charge in [0, 0.05) is 22.1 Å². The summed E-state index contributed by atoms with van der Waals surface area (Å²) < 4.78 is 5.22. The average Bonchev–Trinajstić information content (AvgIpc) is 3.34. The Hall–Kier alpha value is -4.51. The van der Waals surface area contributed by atoms with Gasteiger partial charge in [-0.3, -0.25) is 19.7 Å². The molecule has 0 aliphatic carbocycles. The minimum Gasteiger partial charge on any atom is -0.500 e. The van der Waals surface area contributed by atoms with Crippen molar-refractivity contribution in [3.05, 3.63) is 91.8 Å². The highest BCUT2D eigenvalue weighted by atomic mass is 32.1. The highest BCUT2D eigenvalue weighted by molar-refractivity contribution is 7.10. The molecule has 0 unspecified atom stereocenters. The third-order valence-corrected chi connectivity index (χ3v) is 5.13. The summed E-state index contributed by atoms with van der Waals surface area (Å²) in [5.74, 6) is -1.86. The molecule has 174 valence electrons. The van der Waals surface area contributed by atoms with Gasteiger partial charge in [0.2, 0.25) is 5.75 Å². The number of phenols is 1. The lowest BCUT2D eigenvalue weighted by atomic mass is 10.2. The number of thiophene rings is 1. The van der Waals surface area contributed by atoms with E-state index < -0.39 is 28.2 Å². The maximum atomic E-state index is 12.7. The molecule has 3 N–H and O–H groups in total. The van der Waals surface area contributed by atoms with Crippen LogP contribution in [0.25, 0.3) is 6.08 Å². The van der Waals surface area contributed by atoms with Crippen molar-refractivity contribution >= 4 is 41.1 Å². The van der Waals surface area contributed by atoms with Crippen LogP contribution in [0, 0.1) is 10.1 Å². The lowest BCUT2D eigenvalue weighted by Crippen LogP contribution is -2.32. The molecule has 0 atom stereocenters. The summed E-state index contributed by atoms with van der Waals surface area (Å²) in [7, 11) is 0. The minimum absolute atomic E-state index is 0.0415. The number of rotatable bonds is 9. The van der Waals surface area contributed by atoms with Gasteiger partial charge in [-0.15, -0.1) is 11.3 Å². The molecule has 2 amide bonds. The summed E-state index contributed by atoms with van der Waals surface area (Å²) in [5, 5.41) is 29.4. The number of amides is 2. The van der Waals surface area contributed by atoms with E-state index in [1.54, 1.807) is 49.4 Å². The van der Waals surface area contributed by atoms with Crippen LogP contribution < -0.4 is 15.5 Å². The Morgan fingerprint density at radius 2 is 1.97 bits per heavy atom. The van der Waals surface area contributed by atoms with Gasteiger partial charge >= 0.3 is 5.69 Å². The largest absolute Gasteiger partial charge is 0.500 e. The predicted octanol–water partition coefficient (Wildman–Crippen LogP) is 3.68. The Balaban J connectivity index is 1.80. The van der Waals surface area contributed by atoms with Gasteiger partial charge in [0.1, 0.15) is 5.70 Å². The number of nitrogens with one attached hydrogen (secondary N) is 2. The first-order chi connectivity index (χ1) is 16.4. The van der Waals surface area contributed by atoms with E-state index in [2.05, 4.69) is 15.8 Å². The number of carbonyl (C=O) groups excluding carboxylic acids is 2. The van der Waals surface area contributed by atoms with Crippen molar-refractivity contribution in [2.24, 2.45) is 5.10 Å². The van der Waals surface area contributed by atoms with Gasteiger partial charge in [-0.1, -0.05) is 24.3 Å². The summed E-state index contributed by atoms with van der Waals surface area (Å²) in [6, 6.07) is 14.4. The predicted molar refractivity (Wildman–Crippen MR) is 128 cm³/mol. The number of aromatic hydroxyl groups is 1. The van der Waals surface area contributed by atoms with Crippen LogP contribution >= 0.6 is 11.3 Å². The Morgan fingerprint density at radius 1 is 1.21 bits per heavy atom. The highest BCUT2D eigenvalue weighted by Crippen LogP contribution is 2.36. The van der Waals surface area contributed by atoms with Crippen molar-refractivity contribution in [2.75, 3.05) is 6.61 Å². The van der Waals surface area contributed by atoms with Gasteiger partial charge in [-0.2, -0.15) is 5.10 Å².